The lowest BCUT2D eigenvalue weighted by atomic mass is 9.98. The molecule has 43 heavy (non-hydrogen) atoms. The fourth-order valence-corrected chi connectivity index (χ4v) is 6.85. The number of aliphatic hydroxyl groups is 1. The highest BCUT2D eigenvalue weighted by atomic mass is 32.2. The van der Waals surface area contributed by atoms with Crippen LogP contribution in [0.2, 0.25) is 0 Å². The molecule has 1 saturated heterocycles. The van der Waals surface area contributed by atoms with Gasteiger partial charge in [-0.05, 0) is 74.0 Å². The fourth-order valence-electron chi connectivity index (χ4n) is 5.23. The van der Waals surface area contributed by atoms with Gasteiger partial charge < -0.3 is 20.5 Å². The van der Waals surface area contributed by atoms with Crippen molar-refractivity contribution in [3.05, 3.63) is 60.2 Å². The van der Waals surface area contributed by atoms with Crippen LogP contribution >= 0.6 is 0 Å². The Morgan fingerprint density at radius 1 is 0.953 bits per heavy atom. The lowest BCUT2D eigenvalue weighted by molar-refractivity contribution is -0.131. The SMILES string of the molecule is COc1ccc(S(=O)(=O)N(CC(C)C)CC(O)[C@H](Cc2ccccc2)NC(=O)[C@@H](NC(=O)CN2CCCC2)C(C)C)cc1. The fraction of sp³-hybridized carbons (Fsp3) is 0.562. The first kappa shape index (κ1) is 34.5. The van der Waals surface area contributed by atoms with Crippen LogP contribution in [0.5, 0.6) is 5.75 Å². The third kappa shape index (κ3) is 10.3. The maximum atomic E-state index is 13.7. The van der Waals surface area contributed by atoms with Gasteiger partial charge in [0.2, 0.25) is 21.8 Å². The van der Waals surface area contributed by atoms with E-state index in [0.717, 1.165) is 31.5 Å². The molecule has 0 bridgehead atoms. The Hall–Kier alpha value is -2.99. The molecule has 11 heteroatoms. The van der Waals surface area contributed by atoms with Crippen molar-refractivity contribution < 1.29 is 27.9 Å². The second-order valence-corrected chi connectivity index (χ2v) is 14.0. The van der Waals surface area contributed by atoms with Crippen LogP contribution in [-0.2, 0) is 26.0 Å². The summed E-state index contributed by atoms with van der Waals surface area (Å²) in [4.78, 5) is 28.6. The molecule has 2 amide bonds. The van der Waals surface area contributed by atoms with Crippen molar-refractivity contribution in [2.75, 3.05) is 39.8 Å². The molecule has 1 fully saturated rings. The molecule has 3 atom stereocenters. The van der Waals surface area contributed by atoms with Crippen molar-refractivity contribution >= 4 is 21.8 Å². The van der Waals surface area contributed by atoms with Gasteiger partial charge in [-0.3, -0.25) is 14.5 Å². The molecule has 1 heterocycles. The summed E-state index contributed by atoms with van der Waals surface area (Å²) in [6.45, 7) is 9.45. The molecule has 0 spiro atoms. The van der Waals surface area contributed by atoms with Gasteiger partial charge in [-0.15, -0.1) is 0 Å². The van der Waals surface area contributed by atoms with Crippen molar-refractivity contribution in [3.8, 4) is 5.75 Å². The first-order chi connectivity index (χ1) is 20.4. The van der Waals surface area contributed by atoms with Gasteiger partial charge in [-0.1, -0.05) is 58.0 Å². The number of sulfonamides is 1. The van der Waals surface area contributed by atoms with Crippen molar-refractivity contribution in [3.63, 3.8) is 0 Å². The third-order valence-corrected chi connectivity index (χ3v) is 9.42. The van der Waals surface area contributed by atoms with Crippen molar-refractivity contribution in [2.24, 2.45) is 11.8 Å². The zero-order valence-corrected chi connectivity index (χ0v) is 26.8. The third-order valence-electron chi connectivity index (χ3n) is 7.58. The van der Waals surface area contributed by atoms with E-state index in [-0.39, 0.29) is 48.7 Å². The Balaban J connectivity index is 1.82. The summed E-state index contributed by atoms with van der Waals surface area (Å²) in [6, 6.07) is 13.9. The molecule has 2 aromatic rings. The normalized spacial score (nSPS) is 16.3. The quantitative estimate of drug-likeness (QED) is 0.265. The van der Waals surface area contributed by atoms with Crippen LogP contribution in [0, 0.1) is 11.8 Å². The van der Waals surface area contributed by atoms with Gasteiger partial charge in [0.1, 0.15) is 11.8 Å². The molecule has 1 aliphatic heterocycles. The number of hydrogen-bond acceptors (Lipinski definition) is 7. The van der Waals surface area contributed by atoms with E-state index in [1.54, 1.807) is 12.1 Å². The number of nitrogens with one attached hydrogen (secondary N) is 2. The molecule has 0 radical (unpaired) electrons. The average Bonchev–Trinajstić information content (AvgIpc) is 3.48. The number of aliphatic hydroxyl groups excluding tert-OH is 1. The van der Waals surface area contributed by atoms with Crippen LogP contribution in [0.15, 0.2) is 59.5 Å². The Kier molecular flexibility index (Phi) is 13.0. The molecule has 3 N–H and O–H groups in total. The Morgan fingerprint density at radius 2 is 1.58 bits per heavy atom. The van der Waals surface area contributed by atoms with E-state index < -0.39 is 34.1 Å². The second-order valence-electron chi connectivity index (χ2n) is 12.0. The number of hydrogen-bond donors (Lipinski definition) is 3. The van der Waals surface area contributed by atoms with E-state index in [9.17, 15) is 23.1 Å². The number of methoxy groups -OCH3 is 1. The van der Waals surface area contributed by atoms with Crippen LogP contribution in [0.3, 0.4) is 0 Å². The standard InChI is InChI=1S/C32H48N4O6S/c1-23(2)20-36(43(40,41)27-15-13-26(42-5)14-16-27)21-29(37)28(19-25-11-7-6-8-12-25)33-32(39)31(24(3)4)34-30(38)22-35-17-9-10-18-35/h6-8,11-16,23-24,28-29,31,37H,9-10,17-22H2,1-5H3,(H,33,39)(H,34,38)/t28-,29?,31-/m0/s1. The highest BCUT2D eigenvalue weighted by Gasteiger charge is 2.33. The van der Waals surface area contributed by atoms with Gasteiger partial charge in [0, 0.05) is 13.1 Å². The minimum atomic E-state index is -3.96. The summed E-state index contributed by atoms with van der Waals surface area (Å²) in [7, 11) is -2.46. The number of rotatable bonds is 16. The molecule has 0 aliphatic carbocycles. The van der Waals surface area contributed by atoms with E-state index in [2.05, 4.69) is 15.5 Å². The Bertz CT molecular complexity index is 1260. The maximum absolute atomic E-state index is 13.7. The van der Waals surface area contributed by atoms with E-state index in [0.29, 0.717) is 5.75 Å². The number of benzene rings is 2. The van der Waals surface area contributed by atoms with Gasteiger partial charge in [0.05, 0.1) is 30.7 Å². The molecular formula is C32H48N4O6S. The number of nitrogens with zero attached hydrogens (tertiary/aromatic N) is 2. The zero-order valence-electron chi connectivity index (χ0n) is 26.0. The van der Waals surface area contributed by atoms with Crippen molar-refractivity contribution in [1.82, 2.24) is 19.8 Å². The van der Waals surface area contributed by atoms with Crippen LogP contribution in [0.4, 0.5) is 0 Å². The predicted molar refractivity (Wildman–Crippen MR) is 167 cm³/mol. The van der Waals surface area contributed by atoms with E-state index in [4.69, 9.17) is 4.74 Å². The zero-order chi connectivity index (χ0) is 31.6. The molecule has 238 valence electrons. The van der Waals surface area contributed by atoms with Crippen LogP contribution in [0.25, 0.3) is 0 Å². The molecule has 2 aromatic carbocycles. The lowest BCUT2D eigenvalue weighted by Gasteiger charge is -2.32. The van der Waals surface area contributed by atoms with Gasteiger partial charge in [-0.25, -0.2) is 8.42 Å². The minimum Gasteiger partial charge on any atom is -0.497 e. The number of carbonyl (C=O) groups is 2. The average molecular weight is 617 g/mol. The number of likely N-dealkylation sites (tertiary alicyclic amines) is 1. The number of amides is 2. The summed E-state index contributed by atoms with van der Waals surface area (Å²) in [5.74, 6) is -0.321. The van der Waals surface area contributed by atoms with Gasteiger partial charge >= 0.3 is 0 Å². The van der Waals surface area contributed by atoms with E-state index >= 15 is 0 Å². The topological polar surface area (TPSA) is 128 Å². The highest BCUT2D eigenvalue weighted by molar-refractivity contribution is 7.89. The highest BCUT2D eigenvalue weighted by Crippen LogP contribution is 2.22. The van der Waals surface area contributed by atoms with Crippen LogP contribution in [-0.4, -0.2) is 92.6 Å². The molecule has 0 saturated carbocycles. The summed E-state index contributed by atoms with van der Waals surface area (Å²) in [5, 5.41) is 17.4. The first-order valence-corrected chi connectivity index (χ1v) is 16.5. The Morgan fingerprint density at radius 3 is 2.14 bits per heavy atom. The summed E-state index contributed by atoms with van der Waals surface area (Å²) in [5.41, 5.74) is 0.874. The lowest BCUT2D eigenvalue weighted by Crippen LogP contribution is -2.57. The summed E-state index contributed by atoms with van der Waals surface area (Å²) < 4.78 is 33.8. The molecule has 1 aliphatic rings. The molecular weight excluding hydrogens is 568 g/mol. The summed E-state index contributed by atoms with van der Waals surface area (Å²) in [6.07, 6.45) is 1.16. The Labute approximate surface area is 256 Å². The smallest absolute Gasteiger partial charge is 0.243 e. The minimum absolute atomic E-state index is 0.0153. The van der Waals surface area contributed by atoms with Gasteiger partial charge in [-0.2, -0.15) is 4.31 Å². The largest absolute Gasteiger partial charge is 0.497 e. The van der Waals surface area contributed by atoms with Crippen molar-refractivity contribution in [1.29, 1.82) is 0 Å². The van der Waals surface area contributed by atoms with E-state index in [1.165, 1.54) is 23.5 Å². The number of ether oxygens (including phenoxy) is 1. The molecule has 10 nitrogen and oxygen atoms in total. The molecule has 3 rings (SSSR count). The molecule has 1 unspecified atom stereocenters. The van der Waals surface area contributed by atoms with Crippen LogP contribution < -0.4 is 15.4 Å². The second kappa shape index (κ2) is 16.2. The summed E-state index contributed by atoms with van der Waals surface area (Å²) >= 11 is 0. The van der Waals surface area contributed by atoms with Crippen molar-refractivity contribution in [2.45, 2.75) is 70.0 Å². The van der Waals surface area contributed by atoms with Gasteiger partial charge in [0.15, 0.2) is 0 Å². The van der Waals surface area contributed by atoms with E-state index in [1.807, 2.05) is 58.0 Å². The monoisotopic (exact) mass is 616 g/mol. The maximum Gasteiger partial charge on any atom is 0.243 e. The number of carbonyl (C=O) groups excluding carboxylic acids is 2. The predicted octanol–water partition coefficient (Wildman–Crippen LogP) is 2.67. The molecule has 0 aromatic heterocycles. The van der Waals surface area contributed by atoms with Crippen LogP contribution in [0.1, 0.15) is 46.1 Å². The first-order valence-electron chi connectivity index (χ1n) is 15.1. The van der Waals surface area contributed by atoms with Gasteiger partial charge in [0.25, 0.3) is 0 Å².